The van der Waals surface area contributed by atoms with Crippen molar-refractivity contribution >= 4 is 43.1 Å². The molecule has 0 aromatic heterocycles. The van der Waals surface area contributed by atoms with E-state index in [0.717, 1.165) is 0 Å². The molecule has 0 nitrogen and oxygen atoms in total. The van der Waals surface area contributed by atoms with Crippen molar-refractivity contribution in [2.45, 2.75) is 0 Å². The first-order valence-electron chi connectivity index (χ1n) is 15.9. The van der Waals surface area contributed by atoms with E-state index >= 15 is 0 Å². The van der Waals surface area contributed by atoms with Crippen molar-refractivity contribution in [1.82, 2.24) is 0 Å². The molecule has 0 spiro atoms. The Labute approximate surface area is 268 Å². The van der Waals surface area contributed by atoms with Gasteiger partial charge in [0, 0.05) is 0 Å². The van der Waals surface area contributed by atoms with Crippen molar-refractivity contribution in [1.29, 1.82) is 0 Å². The number of benzene rings is 9. The summed E-state index contributed by atoms with van der Waals surface area (Å²) in [4.78, 5) is 0. The molecule has 46 heavy (non-hydrogen) atoms. The quantitative estimate of drug-likeness (QED) is 0.181. The Morgan fingerprint density at radius 3 is 1.26 bits per heavy atom. The third kappa shape index (κ3) is 4.30. The summed E-state index contributed by atoms with van der Waals surface area (Å²) in [5, 5.41) is 10.1. The number of hydrogen-bond acceptors (Lipinski definition) is 0. The molecule has 0 fully saturated rings. The van der Waals surface area contributed by atoms with Gasteiger partial charge in [0.2, 0.25) is 0 Å². The average molecular weight is 583 g/mol. The molecule has 0 heteroatoms. The Bertz CT molecular complexity index is 2540. The Morgan fingerprint density at radius 1 is 0.217 bits per heavy atom. The molecule has 0 aliphatic heterocycles. The van der Waals surface area contributed by atoms with E-state index in [-0.39, 0.29) is 0 Å². The van der Waals surface area contributed by atoms with Crippen LogP contribution in [0.5, 0.6) is 0 Å². The lowest BCUT2D eigenvalue weighted by molar-refractivity contribution is 1.63. The van der Waals surface area contributed by atoms with Crippen molar-refractivity contribution in [3.8, 4) is 44.5 Å². The van der Waals surface area contributed by atoms with Crippen LogP contribution in [0, 0.1) is 0 Å². The fourth-order valence-corrected chi connectivity index (χ4v) is 7.34. The first-order valence-corrected chi connectivity index (χ1v) is 15.9. The van der Waals surface area contributed by atoms with Crippen LogP contribution in [0.3, 0.4) is 0 Å². The largest absolute Gasteiger partial charge is 0.0622 e. The van der Waals surface area contributed by atoms with E-state index in [1.165, 1.54) is 87.6 Å². The van der Waals surface area contributed by atoms with Gasteiger partial charge in [-0.1, -0.05) is 176 Å². The van der Waals surface area contributed by atoms with Crippen LogP contribution in [0.1, 0.15) is 0 Å². The standard InChI is InChI=1S/C46H30/c1-2-14-34(15-3-1)45-41-20-8-9-21-42(41)46(35-26-24-33(25-27-35)39-22-10-16-31-12-4-6-18-37(31)39)44-30-36(28-29-43(44)45)40-23-11-17-32-13-5-7-19-38(32)40/h1-30H. The van der Waals surface area contributed by atoms with Gasteiger partial charge in [0.1, 0.15) is 0 Å². The lowest BCUT2D eigenvalue weighted by Gasteiger charge is -2.19. The molecule has 214 valence electrons. The maximum Gasteiger partial charge on any atom is -0.00261 e. The second kappa shape index (κ2) is 10.9. The third-order valence-corrected chi connectivity index (χ3v) is 9.46. The predicted molar refractivity (Wildman–Crippen MR) is 198 cm³/mol. The van der Waals surface area contributed by atoms with Gasteiger partial charge in [-0.2, -0.15) is 0 Å². The molecule has 0 saturated carbocycles. The molecule has 0 atom stereocenters. The minimum Gasteiger partial charge on any atom is -0.0622 e. The average Bonchev–Trinajstić information content (AvgIpc) is 3.13. The molecule has 0 aliphatic rings. The summed E-state index contributed by atoms with van der Waals surface area (Å²) >= 11 is 0. The maximum absolute atomic E-state index is 2.42. The Morgan fingerprint density at radius 2 is 0.630 bits per heavy atom. The molecule has 0 aliphatic carbocycles. The fraction of sp³-hybridized carbons (Fsp3) is 0. The first kappa shape index (κ1) is 26.4. The molecule has 0 radical (unpaired) electrons. The van der Waals surface area contributed by atoms with Gasteiger partial charge in [-0.15, -0.1) is 0 Å². The molecule has 0 amide bonds. The van der Waals surface area contributed by atoms with E-state index in [0.29, 0.717) is 0 Å². The van der Waals surface area contributed by atoms with Crippen LogP contribution in [-0.4, -0.2) is 0 Å². The topological polar surface area (TPSA) is 0 Å². The summed E-state index contributed by atoms with van der Waals surface area (Å²) in [5.41, 5.74) is 9.99. The van der Waals surface area contributed by atoms with Crippen molar-refractivity contribution in [3.63, 3.8) is 0 Å². The Balaban J connectivity index is 1.33. The highest BCUT2D eigenvalue weighted by Gasteiger charge is 2.18. The lowest BCUT2D eigenvalue weighted by atomic mass is 9.84. The van der Waals surface area contributed by atoms with E-state index in [1.807, 2.05) is 0 Å². The SMILES string of the molecule is c1ccc(-c2c3ccccc3c(-c3ccc(-c4cccc5ccccc45)cc3)c3cc(-c4cccc5ccccc45)ccc23)cc1. The Kier molecular flexibility index (Phi) is 6.25. The smallest absolute Gasteiger partial charge is 0.00261 e. The van der Waals surface area contributed by atoms with E-state index in [9.17, 15) is 0 Å². The molecule has 0 saturated heterocycles. The maximum atomic E-state index is 2.42. The number of rotatable bonds is 4. The second-order valence-corrected chi connectivity index (χ2v) is 12.1. The van der Waals surface area contributed by atoms with Crippen molar-refractivity contribution < 1.29 is 0 Å². The molecule has 9 aromatic rings. The number of fused-ring (bicyclic) bond motifs is 4. The van der Waals surface area contributed by atoms with Gasteiger partial charge in [-0.05, 0) is 93.7 Å². The summed E-state index contributed by atoms with van der Waals surface area (Å²) in [7, 11) is 0. The zero-order valence-corrected chi connectivity index (χ0v) is 25.3. The normalized spacial score (nSPS) is 11.5. The predicted octanol–water partition coefficient (Wildman–Crippen LogP) is 13.0. The van der Waals surface area contributed by atoms with Gasteiger partial charge < -0.3 is 0 Å². The van der Waals surface area contributed by atoms with Gasteiger partial charge >= 0.3 is 0 Å². The molecule has 0 heterocycles. The van der Waals surface area contributed by atoms with Crippen LogP contribution in [0.15, 0.2) is 182 Å². The summed E-state index contributed by atoms with van der Waals surface area (Å²) in [6.45, 7) is 0. The minimum atomic E-state index is 1.22. The lowest BCUT2D eigenvalue weighted by Crippen LogP contribution is -1.92. The highest BCUT2D eigenvalue weighted by molar-refractivity contribution is 6.22. The van der Waals surface area contributed by atoms with Gasteiger partial charge in [0.15, 0.2) is 0 Å². The van der Waals surface area contributed by atoms with E-state index in [4.69, 9.17) is 0 Å². The van der Waals surface area contributed by atoms with Gasteiger partial charge in [-0.25, -0.2) is 0 Å². The third-order valence-electron chi connectivity index (χ3n) is 9.46. The van der Waals surface area contributed by atoms with Gasteiger partial charge in [0.05, 0.1) is 0 Å². The molecule has 0 N–H and O–H groups in total. The van der Waals surface area contributed by atoms with Crippen LogP contribution in [0.2, 0.25) is 0 Å². The summed E-state index contributed by atoms with van der Waals surface area (Å²) in [5.74, 6) is 0. The van der Waals surface area contributed by atoms with Crippen LogP contribution >= 0.6 is 0 Å². The highest BCUT2D eigenvalue weighted by Crippen LogP contribution is 2.45. The first-order chi connectivity index (χ1) is 22.8. The second-order valence-electron chi connectivity index (χ2n) is 12.1. The van der Waals surface area contributed by atoms with Crippen molar-refractivity contribution in [3.05, 3.63) is 182 Å². The Hall–Kier alpha value is -5.98. The van der Waals surface area contributed by atoms with Crippen LogP contribution in [0.4, 0.5) is 0 Å². The molecular formula is C46H30. The van der Waals surface area contributed by atoms with Crippen molar-refractivity contribution in [2.75, 3.05) is 0 Å². The molecule has 9 aromatic carbocycles. The molecule has 0 bridgehead atoms. The molecule has 9 rings (SSSR count). The van der Waals surface area contributed by atoms with Gasteiger partial charge in [-0.3, -0.25) is 0 Å². The zero-order chi connectivity index (χ0) is 30.5. The molecular weight excluding hydrogens is 553 g/mol. The van der Waals surface area contributed by atoms with Crippen LogP contribution in [0.25, 0.3) is 87.6 Å². The van der Waals surface area contributed by atoms with Crippen LogP contribution < -0.4 is 0 Å². The van der Waals surface area contributed by atoms with E-state index in [2.05, 4.69) is 182 Å². The zero-order valence-electron chi connectivity index (χ0n) is 25.3. The summed E-state index contributed by atoms with van der Waals surface area (Å²) in [6, 6.07) is 66.5. The molecule has 0 unspecified atom stereocenters. The minimum absolute atomic E-state index is 1.22. The van der Waals surface area contributed by atoms with Gasteiger partial charge in [0.25, 0.3) is 0 Å². The van der Waals surface area contributed by atoms with E-state index in [1.54, 1.807) is 0 Å². The highest BCUT2D eigenvalue weighted by atomic mass is 14.2. The van der Waals surface area contributed by atoms with E-state index < -0.39 is 0 Å². The summed E-state index contributed by atoms with van der Waals surface area (Å²) < 4.78 is 0. The number of hydrogen-bond donors (Lipinski definition) is 0. The van der Waals surface area contributed by atoms with Crippen molar-refractivity contribution in [2.24, 2.45) is 0 Å². The summed E-state index contributed by atoms with van der Waals surface area (Å²) in [6.07, 6.45) is 0. The monoisotopic (exact) mass is 582 g/mol. The van der Waals surface area contributed by atoms with Crippen LogP contribution in [-0.2, 0) is 0 Å². The fourth-order valence-electron chi connectivity index (χ4n) is 7.34.